The molecule has 1 amide bonds. The second kappa shape index (κ2) is 8.67. The summed E-state index contributed by atoms with van der Waals surface area (Å²) >= 11 is 3.37. The summed E-state index contributed by atoms with van der Waals surface area (Å²) in [5.74, 6) is -0.654. The van der Waals surface area contributed by atoms with E-state index in [1.165, 1.54) is 0 Å². The molecule has 0 fully saturated rings. The summed E-state index contributed by atoms with van der Waals surface area (Å²) in [6.07, 6.45) is 1.36. The molecule has 0 radical (unpaired) electrons. The number of rotatable bonds is 8. The van der Waals surface area contributed by atoms with Gasteiger partial charge in [-0.25, -0.2) is 0 Å². The minimum atomic E-state index is -0.920. The predicted octanol–water partition coefficient (Wildman–Crippen LogP) is 2.90. The van der Waals surface area contributed by atoms with Gasteiger partial charge in [0.05, 0.1) is 10.9 Å². The third-order valence-electron chi connectivity index (χ3n) is 2.87. The fourth-order valence-electron chi connectivity index (χ4n) is 1.92. The smallest absolute Gasteiger partial charge is 0.305 e. The zero-order valence-electron chi connectivity index (χ0n) is 12.2. The number of aliphatic carboxylic acids is 1. The molecule has 0 saturated heterocycles. The SMILES string of the molecule is CCCC(CC(=O)O)NC(=O)COc1ccc(C)cc1Br. The molecule has 1 aromatic carbocycles. The van der Waals surface area contributed by atoms with E-state index in [1.807, 2.05) is 26.0 Å². The average Bonchev–Trinajstić information content (AvgIpc) is 2.37. The summed E-state index contributed by atoms with van der Waals surface area (Å²) in [5, 5.41) is 11.5. The molecule has 0 spiro atoms. The molecular weight excluding hydrogens is 338 g/mol. The summed E-state index contributed by atoms with van der Waals surface area (Å²) in [7, 11) is 0. The van der Waals surface area contributed by atoms with Crippen molar-refractivity contribution in [2.24, 2.45) is 0 Å². The van der Waals surface area contributed by atoms with Crippen LogP contribution in [0.4, 0.5) is 0 Å². The summed E-state index contributed by atoms with van der Waals surface area (Å²) in [6, 6.07) is 5.22. The first-order valence-electron chi connectivity index (χ1n) is 6.82. The number of halogens is 1. The molecule has 116 valence electrons. The van der Waals surface area contributed by atoms with Crippen molar-refractivity contribution in [3.63, 3.8) is 0 Å². The first-order valence-corrected chi connectivity index (χ1v) is 7.61. The fraction of sp³-hybridized carbons (Fsp3) is 0.467. The molecule has 0 aliphatic heterocycles. The summed E-state index contributed by atoms with van der Waals surface area (Å²) in [6.45, 7) is 3.77. The predicted molar refractivity (Wildman–Crippen MR) is 83.5 cm³/mol. The van der Waals surface area contributed by atoms with E-state index in [0.29, 0.717) is 12.2 Å². The van der Waals surface area contributed by atoms with Crippen LogP contribution in [0.2, 0.25) is 0 Å². The lowest BCUT2D eigenvalue weighted by Gasteiger charge is -2.16. The van der Waals surface area contributed by atoms with Crippen LogP contribution >= 0.6 is 15.9 Å². The average molecular weight is 358 g/mol. The highest BCUT2D eigenvalue weighted by Crippen LogP contribution is 2.25. The highest BCUT2D eigenvalue weighted by atomic mass is 79.9. The number of amides is 1. The topological polar surface area (TPSA) is 75.6 Å². The molecule has 1 unspecified atom stereocenters. The molecule has 0 aromatic heterocycles. The Kier molecular flexibility index (Phi) is 7.22. The quantitative estimate of drug-likeness (QED) is 0.749. The molecule has 1 atom stereocenters. The number of ether oxygens (including phenoxy) is 1. The van der Waals surface area contributed by atoms with Crippen LogP contribution in [0.5, 0.6) is 5.75 Å². The van der Waals surface area contributed by atoms with E-state index < -0.39 is 5.97 Å². The third-order valence-corrected chi connectivity index (χ3v) is 3.49. The van der Waals surface area contributed by atoms with Gasteiger partial charge >= 0.3 is 5.97 Å². The van der Waals surface area contributed by atoms with Gasteiger partial charge in [0, 0.05) is 6.04 Å². The summed E-state index contributed by atoms with van der Waals surface area (Å²) in [4.78, 5) is 22.6. The van der Waals surface area contributed by atoms with Crippen molar-refractivity contribution in [3.05, 3.63) is 28.2 Å². The summed E-state index contributed by atoms with van der Waals surface area (Å²) in [5.41, 5.74) is 1.09. The van der Waals surface area contributed by atoms with E-state index in [2.05, 4.69) is 21.2 Å². The summed E-state index contributed by atoms with van der Waals surface area (Å²) < 4.78 is 6.21. The Balaban J connectivity index is 2.50. The lowest BCUT2D eigenvalue weighted by atomic mass is 10.1. The number of carboxylic acid groups (broad SMARTS) is 1. The van der Waals surface area contributed by atoms with Crippen LogP contribution in [0, 0.1) is 6.92 Å². The van der Waals surface area contributed by atoms with Gasteiger partial charge in [-0.05, 0) is 47.0 Å². The molecule has 21 heavy (non-hydrogen) atoms. The number of carbonyl (C=O) groups is 2. The minimum absolute atomic E-state index is 0.0756. The van der Waals surface area contributed by atoms with Gasteiger partial charge < -0.3 is 15.2 Å². The Bertz CT molecular complexity index is 504. The first kappa shape index (κ1) is 17.5. The normalized spacial score (nSPS) is 11.8. The number of benzene rings is 1. The highest BCUT2D eigenvalue weighted by molar-refractivity contribution is 9.10. The van der Waals surface area contributed by atoms with Crippen LogP contribution in [0.3, 0.4) is 0 Å². The van der Waals surface area contributed by atoms with Crippen LogP contribution in [-0.2, 0) is 9.59 Å². The van der Waals surface area contributed by atoms with Crippen molar-refractivity contribution in [2.45, 2.75) is 39.2 Å². The lowest BCUT2D eigenvalue weighted by Crippen LogP contribution is -2.39. The van der Waals surface area contributed by atoms with Gasteiger partial charge in [-0.15, -0.1) is 0 Å². The molecule has 6 heteroatoms. The van der Waals surface area contributed by atoms with Crippen molar-refractivity contribution in [1.29, 1.82) is 0 Å². The molecule has 2 N–H and O–H groups in total. The van der Waals surface area contributed by atoms with Crippen molar-refractivity contribution >= 4 is 27.8 Å². The molecule has 1 aromatic rings. The Hall–Kier alpha value is -1.56. The maximum absolute atomic E-state index is 11.8. The molecule has 0 saturated carbocycles. The molecule has 0 aliphatic carbocycles. The standard InChI is InChI=1S/C15H20BrNO4/c1-3-4-11(8-15(19)20)17-14(18)9-21-13-6-5-10(2)7-12(13)16/h5-7,11H,3-4,8-9H2,1-2H3,(H,17,18)(H,19,20). The van der Waals surface area contributed by atoms with Crippen molar-refractivity contribution in [3.8, 4) is 5.75 Å². The monoisotopic (exact) mass is 357 g/mol. The second-order valence-corrected chi connectivity index (χ2v) is 5.73. The number of carbonyl (C=O) groups excluding carboxylic acids is 1. The van der Waals surface area contributed by atoms with E-state index in [9.17, 15) is 9.59 Å². The molecular formula is C15H20BrNO4. The van der Waals surface area contributed by atoms with Crippen LogP contribution in [-0.4, -0.2) is 29.6 Å². The zero-order chi connectivity index (χ0) is 15.8. The van der Waals surface area contributed by atoms with Gasteiger partial charge in [0.25, 0.3) is 5.91 Å². The van der Waals surface area contributed by atoms with Gasteiger partial charge in [0.15, 0.2) is 6.61 Å². The van der Waals surface area contributed by atoms with E-state index in [4.69, 9.17) is 9.84 Å². The Morgan fingerprint density at radius 2 is 2.14 bits per heavy atom. The van der Waals surface area contributed by atoms with Gasteiger partial charge in [0.1, 0.15) is 5.75 Å². The molecule has 0 heterocycles. The van der Waals surface area contributed by atoms with Crippen LogP contribution in [0.25, 0.3) is 0 Å². The van der Waals surface area contributed by atoms with Crippen molar-refractivity contribution in [2.75, 3.05) is 6.61 Å². The second-order valence-electron chi connectivity index (χ2n) is 4.87. The third kappa shape index (κ3) is 6.62. The largest absolute Gasteiger partial charge is 0.483 e. The van der Waals surface area contributed by atoms with Crippen molar-refractivity contribution in [1.82, 2.24) is 5.32 Å². The Labute approximate surface area is 132 Å². The number of aryl methyl sites for hydroxylation is 1. The van der Waals surface area contributed by atoms with Crippen LogP contribution in [0.1, 0.15) is 31.7 Å². The number of hydrogen-bond acceptors (Lipinski definition) is 3. The van der Waals surface area contributed by atoms with Gasteiger partial charge in [-0.3, -0.25) is 9.59 Å². The van der Waals surface area contributed by atoms with E-state index >= 15 is 0 Å². The van der Waals surface area contributed by atoms with Crippen LogP contribution < -0.4 is 10.1 Å². The minimum Gasteiger partial charge on any atom is -0.483 e. The zero-order valence-corrected chi connectivity index (χ0v) is 13.8. The lowest BCUT2D eigenvalue weighted by molar-refractivity contribution is -0.137. The van der Waals surface area contributed by atoms with E-state index in [1.54, 1.807) is 6.07 Å². The molecule has 0 aliphatic rings. The Morgan fingerprint density at radius 1 is 1.43 bits per heavy atom. The Morgan fingerprint density at radius 3 is 2.71 bits per heavy atom. The van der Waals surface area contributed by atoms with E-state index in [-0.39, 0.29) is 25.0 Å². The molecule has 1 rings (SSSR count). The molecule has 5 nitrogen and oxygen atoms in total. The van der Waals surface area contributed by atoms with Gasteiger partial charge in [0.2, 0.25) is 0 Å². The van der Waals surface area contributed by atoms with Gasteiger partial charge in [-0.2, -0.15) is 0 Å². The van der Waals surface area contributed by atoms with Gasteiger partial charge in [-0.1, -0.05) is 19.4 Å². The maximum atomic E-state index is 11.8. The maximum Gasteiger partial charge on any atom is 0.305 e. The highest BCUT2D eigenvalue weighted by Gasteiger charge is 2.15. The number of carboxylic acids is 1. The number of hydrogen-bond donors (Lipinski definition) is 2. The molecule has 0 bridgehead atoms. The fourth-order valence-corrected chi connectivity index (χ4v) is 2.53. The first-order chi connectivity index (χ1) is 9.92. The van der Waals surface area contributed by atoms with E-state index in [0.717, 1.165) is 16.5 Å². The van der Waals surface area contributed by atoms with Crippen molar-refractivity contribution < 1.29 is 19.4 Å². The number of nitrogens with one attached hydrogen (secondary N) is 1. The van der Waals surface area contributed by atoms with Crippen LogP contribution in [0.15, 0.2) is 22.7 Å².